The number of nitrogens with zero attached hydrogens (tertiary/aromatic N) is 1. The molecule has 2 nitrogen and oxygen atoms in total. The van der Waals surface area contributed by atoms with Crippen LogP contribution >= 0.6 is 0 Å². The van der Waals surface area contributed by atoms with Gasteiger partial charge >= 0.3 is 0 Å². The number of benzene rings is 11. The lowest BCUT2D eigenvalue weighted by Crippen LogP contribution is -2.32. The van der Waals surface area contributed by atoms with Crippen molar-refractivity contribution in [2.24, 2.45) is 0 Å². The molecule has 296 valence electrons. The van der Waals surface area contributed by atoms with Crippen molar-refractivity contribution in [3.05, 3.63) is 247 Å². The molecule has 1 aromatic heterocycles. The number of para-hydroxylation sites is 2. The van der Waals surface area contributed by atoms with Gasteiger partial charge in [-0.05, 0) is 125 Å². The Morgan fingerprint density at radius 1 is 0.281 bits per heavy atom. The second-order valence-corrected chi connectivity index (χ2v) is 17.3. The molecule has 0 bridgehead atoms. The first-order valence-electron chi connectivity index (χ1n) is 22.1. The molecule has 1 aliphatic heterocycles. The average Bonchev–Trinajstić information content (AvgIpc) is 3.65. The highest BCUT2D eigenvalue weighted by molar-refractivity contribution is 6.25. The van der Waals surface area contributed by atoms with Crippen LogP contribution in [-0.4, -0.2) is 4.98 Å². The van der Waals surface area contributed by atoms with Crippen LogP contribution in [0.25, 0.3) is 98.6 Å². The van der Waals surface area contributed by atoms with E-state index in [0.29, 0.717) is 0 Å². The Balaban J connectivity index is 0.980. The first-order valence-corrected chi connectivity index (χ1v) is 22.1. The third-order valence-electron chi connectivity index (χ3n) is 14.1. The van der Waals surface area contributed by atoms with Crippen molar-refractivity contribution in [2.45, 2.75) is 5.41 Å². The van der Waals surface area contributed by atoms with Crippen molar-refractivity contribution in [3.8, 4) is 56.1 Å². The Kier molecular flexibility index (Phi) is 7.35. The molecule has 2 aliphatic rings. The maximum absolute atomic E-state index is 6.66. The van der Waals surface area contributed by atoms with Crippen molar-refractivity contribution >= 4 is 54.0 Å². The fourth-order valence-electron chi connectivity index (χ4n) is 11.3. The first kappa shape index (κ1) is 35.3. The lowest BCUT2D eigenvalue weighted by molar-refractivity contribution is 0.436. The third-order valence-corrected chi connectivity index (χ3v) is 14.1. The van der Waals surface area contributed by atoms with Gasteiger partial charge in [0.25, 0.3) is 0 Å². The van der Waals surface area contributed by atoms with Crippen LogP contribution in [0.1, 0.15) is 22.3 Å². The van der Waals surface area contributed by atoms with Gasteiger partial charge in [-0.2, -0.15) is 0 Å². The van der Waals surface area contributed by atoms with Crippen molar-refractivity contribution in [3.63, 3.8) is 0 Å². The molecule has 2 heteroatoms. The highest BCUT2D eigenvalue weighted by atomic mass is 16.5. The Labute approximate surface area is 370 Å². The normalized spacial score (nSPS) is 13.2. The minimum absolute atomic E-state index is 0.559. The van der Waals surface area contributed by atoms with Gasteiger partial charge in [-0.15, -0.1) is 0 Å². The summed E-state index contributed by atoms with van der Waals surface area (Å²) >= 11 is 0. The number of fused-ring (bicyclic) bond motifs is 18. The van der Waals surface area contributed by atoms with E-state index in [4.69, 9.17) is 9.72 Å². The van der Waals surface area contributed by atoms with Gasteiger partial charge in [-0.1, -0.05) is 182 Å². The summed E-state index contributed by atoms with van der Waals surface area (Å²) in [4.78, 5) is 5.57. The maximum Gasteiger partial charge on any atom is 0.132 e. The lowest BCUT2D eigenvalue weighted by Gasteiger charge is -2.39. The molecule has 0 N–H and O–H groups in total. The van der Waals surface area contributed by atoms with Crippen molar-refractivity contribution < 1.29 is 4.74 Å². The molecule has 0 unspecified atom stereocenters. The van der Waals surface area contributed by atoms with E-state index in [0.717, 1.165) is 61.3 Å². The fraction of sp³-hybridized carbons (Fsp3) is 0.0161. The zero-order chi connectivity index (χ0) is 41.9. The molecule has 0 amide bonds. The van der Waals surface area contributed by atoms with Gasteiger partial charge in [0, 0.05) is 27.5 Å². The standard InChI is InChI=1S/C62H37NO/c1-2-15-38(16-3-1)61-53-36-52-48-23-8-9-24-54(48)62(55-25-10-12-27-59(55)64-60-28-13-11-26-56(60)62)57(52)37-51(53)49-32-30-42(35-58(49)63-61)40-18-14-17-39(33-40)41-29-31-47-45-21-5-4-19-43(45)44-20-6-7-22-46(44)50(47)34-41/h1-37H. The van der Waals surface area contributed by atoms with Gasteiger partial charge in [0.05, 0.1) is 16.6 Å². The van der Waals surface area contributed by atoms with Crippen LogP contribution in [0.15, 0.2) is 224 Å². The van der Waals surface area contributed by atoms with E-state index >= 15 is 0 Å². The molecule has 64 heavy (non-hydrogen) atoms. The van der Waals surface area contributed by atoms with Crippen LogP contribution in [0, 0.1) is 0 Å². The van der Waals surface area contributed by atoms with Crippen molar-refractivity contribution in [1.29, 1.82) is 0 Å². The molecule has 0 saturated heterocycles. The van der Waals surface area contributed by atoms with E-state index in [1.165, 1.54) is 71.1 Å². The van der Waals surface area contributed by atoms with Crippen LogP contribution < -0.4 is 4.74 Å². The second kappa shape index (κ2) is 13.3. The minimum Gasteiger partial charge on any atom is -0.457 e. The summed E-state index contributed by atoms with van der Waals surface area (Å²) in [6, 6.07) is 82.1. The molecule has 1 aliphatic carbocycles. The minimum atomic E-state index is -0.559. The van der Waals surface area contributed by atoms with E-state index in [1.807, 2.05) is 0 Å². The molecule has 14 rings (SSSR count). The van der Waals surface area contributed by atoms with Crippen molar-refractivity contribution in [1.82, 2.24) is 4.98 Å². The highest BCUT2D eigenvalue weighted by Gasteiger charge is 2.51. The number of hydrogen-bond donors (Lipinski definition) is 0. The Morgan fingerprint density at radius 2 is 0.781 bits per heavy atom. The van der Waals surface area contributed by atoms with Crippen LogP contribution in [-0.2, 0) is 5.41 Å². The van der Waals surface area contributed by atoms with Gasteiger partial charge in [-0.3, -0.25) is 0 Å². The number of ether oxygens (including phenoxy) is 1. The molecule has 1 spiro atoms. The summed E-state index contributed by atoms with van der Waals surface area (Å²) in [5.41, 5.74) is 14.5. The summed E-state index contributed by atoms with van der Waals surface area (Å²) in [6.07, 6.45) is 0. The van der Waals surface area contributed by atoms with E-state index < -0.39 is 5.41 Å². The van der Waals surface area contributed by atoms with Crippen molar-refractivity contribution in [2.75, 3.05) is 0 Å². The second-order valence-electron chi connectivity index (χ2n) is 17.3. The number of pyridine rings is 1. The van der Waals surface area contributed by atoms with E-state index in [9.17, 15) is 0 Å². The van der Waals surface area contributed by atoms with Gasteiger partial charge in [0.15, 0.2) is 0 Å². The van der Waals surface area contributed by atoms with E-state index in [2.05, 4.69) is 224 Å². The molecule has 2 heterocycles. The van der Waals surface area contributed by atoms with Gasteiger partial charge < -0.3 is 4.74 Å². The molecule has 11 aromatic carbocycles. The smallest absolute Gasteiger partial charge is 0.132 e. The molecular weight excluding hydrogens is 775 g/mol. The van der Waals surface area contributed by atoms with Crippen LogP contribution in [0.4, 0.5) is 0 Å². The summed E-state index contributed by atoms with van der Waals surface area (Å²) in [5, 5.41) is 11.2. The third kappa shape index (κ3) is 4.88. The van der Waals surface area contributed by atoms with Gasteiger partial charge in [0.2, 0.25) is 0 Å². The lowest BCUT2D eigenvalue weighted by atomic mass is 9.66. The predicted octanol–water partition coefficient (Wildman–Crippen LogP) is 16.3. The summed E-state index contributed by atoms with van der Waals surface area (Å²) in [6.45, 7) is 0. The molecule has 0 radical (unpaired) electrons. The number of hydrogen-bond acceptors (Lipinski definition) is 2. The monoisotopic (exact) mass is 811 g/mol. The summed E-state index contributed by atoms with van der Waals surface area (Å²) < 4.78 is 6.66. The highest BCUT2D eigenvalue weighted by Crippen LogP contribution is 2.62. The Bertz CT molecular complexity index is 3860. The first-order chi connectivity index (χ1) is 31.7. The molecule has 0 fully saturated rings. The fourth-order valence-corrected chi connectivity index (χ4v) is 11.3. The van der Waals surface area contributed by atoms with Crippen LogP contribution in [0.3, 0.4) is 0 Å². The zero-order valence-electron chi connectivity index (χ0n) is 34.7. The largest absolute Gasteiger partial charge is 0.457 e. The molecule has 0 saturated carbocycles. The molecule has 12 aromatic rings. The summed E-state index contributed by atoms with van der Waals surface area (Å²) in [5.74, 6) is 1.79. The number of aromatic nitrogens is 1. The Hall–Kier alpha value is -8.33. The SMILES string of the molecule is c1ccc(-c2nc3cc(-c4cccc(-c5ccc6c7ccccc7c7ccccc7c6c5)c4)ccc3c3cc4c(cc23)-c2ccccc2C42c3ccccc3Oc3ccccc32)cc1. The molecular formula is C62H37NO. The van der Waals surface area contributed by atoms with Gasteiger partial charge in [-0.25, -0.2) is 4.98 Å². The Morgan fingerprint density at radius 3 is 1.47 bits per heavy atom. The summed E-state index contributed by atoms with van der Waals surface area (Å²) in [7, 11) is 0. The van der Waals surface area contributed by atoms with Crippen LogP contribution in [0.2, 0.25) is 0 Å². The van der Waals surface area contributed by atoms with Crippen LogP contribution in [0.5, 0.6) is 11.5 Å². The zero-order valence-corrected chi connectivity index (χ0v) is 34.7. The van der Waals surface area contributed by atoms with E-state index in [1.54, 1.807) is 0 Å². The molecule has 0 atom stereocenters. The predicted molar refractivity (Wildman–Crippen MR) is 265 cm³/mol. The topological polar surface area (TPSA) is 22.1 Å². The number of rotatable bonds is 3. The quantitative estimate of drug-likeness (QED) is 0.166. The maximum atomic E-state index is 6.66. The van der Waals surface area contributed by atoms with Gasteiger partial charge in [0.1, 0.15) is 11.5 Å². The van der Waals surface area contributed by atoms with E-state index in [-0.39, 0.29) is 0 Å². The average molecular weight is 812 g/mol.